The third kappa shape index (κ3) is 0.990. The number of rotatable bonds is 1. The molecule has 0 radical (unpaired) electrons. The summed E-state index contributed by atoms with van der Waals surface area (Å²) in [4.78, 5) is 13.1. The van der Waals surface area contributed by atoms with Gasteiger partial charge in [-0.05, 0) is 12.8 Å². The van der Waals surface area contributed by atoms with Crippen molar-refractivity contribution in [3.05, 3.63) is 0 Å². The van der Waals surface area contributed by atoms with Crippen LogP contribution >= 0.6 is 0 Å². The highest BCUT2D eigenvalue weighted by Crippen LogP contribution is 2.28. The van der Waals surface area contributed by atoms with Crippen LogP contribution in [0.25, 0.3) is 0 Å². The van der Waals surface area contributed by atoms with E-state index in [1.807, 2.05) is 0 Å². The second-order valence-corrected chi connectivity index (χ2v) is 2.99. The van der Waals surface area contributed by atoms with Crippen LogP contribution in [-0.4, -0.2) is 29.8 Å². The van der Waals surface area contributed by atoms with Crippen LogP contribution in [0.5, 0.6) is 0 Å². The van der Waals surface area contributed by atoms with Gasteiger partial charge in [-0.15, -0.1) is 0 Å². The van der Waals surface area contributed by atoms with Crippen molar-refractivity contribution in [1.82, 2.24) is 4.90 Å². The maximum atomic E-state index is 10.7. The molecular weight excluding hydrogens is 114 g/mol. The van der Waals surface area contributed by atoms with Crippen molar-refractivity contribution in [1.29, 1.82) is 0 Å². The standard InChI is InChI=1S/C7H11NO/c9-7-3-4-8(5-7)6-1-2-6/h6H,1-5H2. The van der Waals surface area contributed by atoms with Gasteiger partial charge in [0.2, 0.25) is 0 Å². The van der Waals surface area contributed by atoms with Crippen LogP contribution in [-0.2, 0) is 4.79 Å². The van der Waals surface area contributed by atoms with Crippen LogP contribution in [0.4, 0.5) is 0 Å². The van der Waals surface area contributed by atoms with Crippen molar-refractivity contribution >= 4 is 5.78 Å². The Morgan fingerprint density at radius 3 is 2.67 bits per heavy atom. The second-order valence-electron chi connectivity index (χ2n) is 2.99. The first-order chi connectivity index (χ1) is 4.36. The Labute approximate surface area is 54.8 Å². The number of Topliss-reactive ketones (excluding diaryl/α,β-unsaturated/α-hetero) is 1. The van der Waals surface area contributed by atoms with E-state index in [0.29, 0.717) is 5.78 Å². The van der Waals surface area contributed by atoms with Gasteiger partial charge in [-0.2, -0.15) is 0 Å². The third-order valence-electron chi connectivity index (χ3n) is 2.12. The SMILES string of the molecule is O=C1CCN(C2CC2)C1. The molecule has 0 N–H and O–H groups in total. The first-order valence-electron chi connectivity index (χ1n) is 3.62. The van der Waals surface area contributed by atoms with E-state index in [0.717, 1.165) is 25.6 Å². The molecule has 2 rings (SSSR count). The molecule has 0 aromatic carbocycles. The van der Waals surface area contributed by atoms with Gasteiger partial charge in [-0.1, -0.05) is 0 Å². The number of carbonyl (C=O) groups is 1. The molecule has 1 saturated carbocycles. The van der Waals surface area contributed by atoms with E-state index >= 15 is 0 Å². The molecule has 1 aliphatic carbocycles. The molecule has 0 bridgehead atoms. The minimum absolute atomic E-state index is 0.432. The topological polar surface area (TPSA) is 20.3 Å². The van der Waals surface area contributed by atoms with E-state index in [1.54, 1.807) is 0 Å². The van der Waals surface area contributed by atoms with Crippen LogP contribution in [0, 0.1) is 0 Å². The average molecular weight is 125 g/mol. The molecule has 1 heterocycles. The maximum absolute atomic E-state index is 10.7. The largest absolute Gasteiger partial charge is 0.298 e. The van der Waals surface area contributed by atoms with Gasteiger partial charge in [0.05, 0.1) is 6.54 Å². The molecule has 1 saturated heterocycles. The average Bonchev–Trinajstić information content (AvgIpc) is 2.58. The quantitative estimate of drug-likeness (QED) is 0.506. The molecule has 0 aromatic rings. The number of hydrogen-bond acceptors (Lipinski definition) is 2. The lowest BCUT2D eigenvalue weighted by Gasteiger charge is -2.09. The Hall–Kier alpha value is -0.370. The summed E-state index contributed by atoms with van der Waals surface area (Å²) in [5.74, 6) is 0.432. The van der Waals surface area contributed by atoms with E-state index in [1.165, 1.54) is 12.8 Å². The molecule has 2 fully saturated rings. The van der Waals surface area contributed by atoms with Crippen LogP contribution in [0.2, 0.25) is 0 Å². The van der Waals surface area contributed by atoms with Crippen molar-refractivity contribution in [3.63, 3.8) is 0 Å². The first-order valence-corrected chi connectivity index (χ1v) is 3.62. The molecule has 50 valence electrons. The molecule has 0 atom stereocenters. The maximum Gasteiger partial charge on any atom is 0.148 e. The van der Waals surface area contributed by atoms with Crippen molar-refractivity contribution in [2.24, 2.45) is 0 Å². The lowest BCUT2D eigenvalue weighted by atomic mass is 10.4. The zero-order valence-corrected chi connectivity index (χ0v) is 5.47. The minimum Gasteiger partial charge on any atom is -0.298 e. The van der Waals surface area contributed by atoms with E-state index in [-0.39, 0.29) is 0 Å². The lowest BCUT2D eigenvalue weighted by Crippen LogP contribution is -2.22. The van der Waals surface area contributed by atoms with Crippen LogP contribution in [0.1, 0.15) is 19.3 Å². The van der Waals surface area contributed by atoms with Gasteiger partial charge >= 0.3 is 0 Å². The molecule has 0 unspecified atom stereocenters. The van der Waals surface area contributed by atoms with Crippen molar-refractivity contribution in [3.8, 4) is 0 Å². The summed E-state index contributed by atoms with van der Waals surface area (Å²) in [7, 11) is 0. The fourth-order valence-corrected chi connectivity index (χ4v) is 1.40. The Morgan fingerprint density at radius 1 is 1.44 bits per heavy atom. The van der Waals surface area contributed by atoms with E-state index < -0.39 is 0 Å². The van der Waals surface area contributed by atoms with Gasteiger partial charge in [-0.3, -0.25) is 9.69 Å². The Morgan fingerprint density at radius 2 is 2.22 bits per heavy atom. The van der Waals surface area contributed by atoms with Gasteiger partial charge in [0, 0.05) is 19.0 Å². The number of likely N-dealkylation sites (tertiary alicyclic amines) is 1. The lowest BCUT2D eigenvalue weighted by molar-refractivity contribution is -0.116. The molecule has 9 heavy (non-hydrogen) atoms. The summed E-state index contributed by atoms with van der Waals surface area (Å²) in [6.45, 7) is 1.77. The van der Waals surface area contributed by atoms with Crippen molar-refractivity contribution < 1.29 is 4.79 Å². The highest BCUT2D eigenvalue weighted by molar-refractivity contribution is 5.82. The van der Waals surface area contributed by atoms with Crippen LogP contribution in [0.15, 0.2) is 0 Å². The Bertz CT molecular complexity index is 140. The Balaban J connectivity index is 1.92. The summed E-state index contributed by atoms with van der Waals surface area (Å²) >= 11 is 0. The minimum atomic E-state index is 0.432. The summed E-state index contributed by atoms with van der Waals surface area (Å²) in [6, 6.07) is 0.788. The zero-order chi connectivity index (χ0) is 6.27. The van der Waals surface area contributed by atoms with Crippen LogP contribution in [0.3, 0.4) is 0 Å². The highest BCUT2D eigenvalue weighted by atomic mass is 16.1. The second kappa shape index (κ2) is 1.81. The monoisotopic (exact) mass is 125 g/mol. The van der Waals surface area contributed by atoms with Gasteiger partial charge in [0.1, 0.15) is 5.78 Å². The number of ketones is 1. The molecule has 0 amide bonds. The van der Waals surface area contributed by atoms with Gasteiger partial charge in [-0.25, -0.2) is 0 Å². The first kappa shape index (κ1) is 5.42. The zero-order valence-electron chi connectivity index (χ0n) is 5.47. The van der Waals surface area contributed by atoms with Gasteiger partial charge in [0.15, 0.2) is 0 Å². The fourth-order valence-electron chi connectivity index (χ4n) is 1.40. The Kier molecular flexibility index (Phi) is 1.09. The molecule has 2 heteroatoms. The normalized spacial score (nSPS) is 29.6. The number of hydrogen-bond donors (Lipinski definition) is 0. The van der Waals surface area contributed by atoms with E-state index in [9.17, 15) is 4.79 Å². The summed E-state index contributed by atoms with van der Waals surface area (Å²) in [5, 5.41) is 0. The number of carbonyl (C=O) groups excluding carboxylic acids is 1. The summed E-state index contributed by atoms with van der Waals surface area (Å²) in [6.07, 6.45) is 3.46. The summed E-state index contributed by atoms with van der Waals surface area (Å²) < 4.78 is 0. The third-order valence-corrected chi connectivity index (χ3v) is 2.12. The van der Waals surface area contributed by atoms with Crippen molar-refractivity contribution in [2.75, 3.05) is 13.1 Å². The highest BCUT2D eigenvalue weighted by Gasteiger charge is 2.33. The molecule has 0 spiro atoms. The summed E-state index contributed by atoms with van der Waals surface area (Å²) in [5.41, 5.74) is 0. The molecule has 0 aromatic heterocycles. The smallest absolute Gasteiger partial charge is 0.148 e. The van der Waals surface area contributed by atoms with E-state index in [2.05, 4.69) is 4.90 Å². The molecular formula is C7H11NO. The van der Waals surface area contributed by atoms with Gasteiger partial charge in [0.25, 0.3) is 0 Å². The predicted molar refractivity (Wildman–Crippen MR) is 34.2 cm³/mol. The van der Waals surface area contributed by atoms with Crippen molar-refractivity contribution in [2.45, 2.75) is 25.3 Å². The number of nitrogens with zero attached hydrogens (tertiary/aromatic N) is 1. The van der Waals surface area contributed by atoms with Gasteiger partial charge < -0.3 is 0 Å². The predicted octanol–water partition coefficient (Wildman–Crippen LogP) is 0.424. The van der Waals surface area contributed by atoms with E-state index in [4.69, 9.17) is 0 Å². The fraction of sp³-hybridized carbons (Fsp3) is 0.857. The molecule has 1 aliphatic heterocycles. The molecule has 2 nitrogen and oxygen atoms in total. The molecule has 2 aliphatic rings. The van der Waals surface area contributed by atoms with Crippen LogP contribution < -0.4 is 0 Å².